The molecule has 0 aromatic carbocycles. The summed E-state index contributed by atoms with van der Waals surface area (Å²) < 4.78 is 1.00. The maximum absolute atomic E-state index is 9.88. The molecule has 1 saturated carbocycles. The Kier molecular flexibility index (Phi) is 1.89. The molecule has 0 aromatic rings. The standard InChI is InChI=1S/C10H15BrO/c1-10(2)6-3-4-8(11)9(12)7(10)5-6/h4,6-7,9,12H,3,5H2,1-2H3/t6-,7-,9+/m1/s1. The van der Waals surface area contributed by atoms with E-state index in [4.69, 9.17) is 0 Å². The number of hydrogen-bond acceptors (Lipinski definition) is 1. The van der Waals surface area contributed by atoms with Gasteiger partial charge in [-0.25, -0.2) is 0 Å². The molecule has 0 aromatic heterocycles. The second-order valence-electron chi connectivity index (χ2n) is 4.63. The summed E-state index contributed by atoms with van der Waals surface area (Å²) >= 11 is 3.43. The van der Waals surface area contributed by atoms with Crippen LogP contribution in [-0.2, 0) is 0 Å². The fourth-order valence-corrected chi connectivity index (χ4v) is 3.07. The summed E-state index contributed by atoms with van der Waals surface area (Å²) in [5.74, 6) is 1.25. The van der Waals surface area contributed by atoms with E-state index in [0.29, 0.717) is 11.3 Å². The molecule has 3 rings (SSSR count). The highest BCUT2D eigenvalue weighted by Gasteiger charge is 2.52. The van der Waals surface area contributed by atoms with Gasteiger partial charge in [0, 0.05) is 4.48 Å². The highest BCUT2D eigenvalue weighted by Crippen LogP contribution is 2.57. The van der Waals surface area contributed by atoms with Gasteiger partial charge in [0.2, 0.25) is 0 Å². The van der Waals surface area contributed by atoms with E-state index in [1.807, 2.05) is 0 Å². The zero-order chi connectivity index (χ0) is 8.93. The van der Waals surface area contributed by atoms with Crippen LogP contribution in [0.4, 0.5) is 0 Å². The summed E-state index contributed by atoms with van der Waals surface area (Å²) in [6, 6.07) is 0. The molecular formula is C10H15BrO. The zero-order valence-electron chi connectivity index (χ0n) is 7.55. The van der Waals surface area contributed by atoms with Crippen LogP contribution < -0.4 is 0 Å². The van der Waals surface area contributed by atoms with Gasteiger partial charge in [0.15, 0.2) is 0 Å². The zero-order valence-corrected chi connectivity index (χ0v) is 9.13. The van der Waals surface area contributed by atoms with Crippen LogP contribution >= 0.6 is 15.9 Å². The van der Waals surface area contributed by atoms with E-state index in [1.54, 1.807) is 0 Å². The summed E-state index contributed by atoms with van der Waals surface area (Å²) in [7, 11) is 0. The molecule has 0 aliphatic heterocycles. The Labute approximate surface area is 82.0 Å². The number of allylic oxidation sites excluding steroid dienone is 1. The molecule has 0 radical (unpaired) electrons. The van der Waals surface area contributed by atoms with Gasteiger partial charge in [-0.1, -0.05) is 35.9 Å². The fourth-order valence-electron chi connectivity index (χ4n) is 2.56. The lowest BCUT2D eigenvalue weighted by molar-refractivity contribution is -0.0708. The first kappa shape index (κ1) is 8.76. The maximum Gasteiger partial charge on any atom is 0.0884 e. The van der Waals surface area contributed by atoms with E-state index in [1.165, 1.54) is 6.42 Å². The van der Waals surface area contributed by atoms with Crippen molar-refractivity contribution < 1.29 is 5.11 Å². The van der Waals surface area contributed by atoms with Crippen LogP contribution in [0.2, 0.25) is 0 Å². The van der Waals surface area contributed by atoms with Crippen LogP contribution in [0.25, 0.3) is 0 Å². The molecule has 3 aliphatic rings. The van der Waals surface area contributed by atoms with Gasteiger partial charge in [0.05, 0.1) is 6.10 Å². The van der Waals surface area contributed by atoms with Gasteiger partial charge in [0.1, 0.15) is 0 Å². The Morgan fingerprint density at radius 1 is 1.58 bits per heavy atom. The Morgan fingerprint density at radius 2 is 2.25 bits per heavy atom. The third-order valence-electron chi connectivity index (χ3n) is 3.81. The van der Waals surface area contributed by atoms with Crippen LogP contribution in [0.15, 0.2) is 10.6 Å². The highest BCUT2D eigenvalue weighted by atomic mass is 79.9. The van der Waals surface area contributed by atoms with Crippen molar-refractivity contribution in [2.24, 2.45) is 17.3 Å². The third kappa shape index (κ3) is 1.01. The Bertz CT molecular complexity index is 232. The Hall–Kier alpha value is 0.180. The predicted octanol–water partition coefficient (Wildman–Crippen LogP) is 2.69. The van der Waals surface area contributed by atoms with E-state index in [2.05, 4.69) is 35.9 Å². The van der Waals surface area contributed by atoms with E-state index < -0.39 is 0 Å². The van der Waals surface area contributed by atoms with Gasteiger partial charge in [-0.2, -0.15) is 0 Å². The lowest BCUT2D eigenvalue weighted by atomic mass is 9.53. The normalized spacial score (nSPS) is 44.3. The molecule has 2 bridgehead atoms. The van der Waals surface area contributed by atoms with E-state index in [-0.39, 0.29) is 6.10 Å². The van der Waals surface area contributed by atoms with Crippen LogP contribution in [0.1, 0.15) is 26.7 Å². The van der Waals surface area contributed by atoms with Crippen molar-refractivity contribution in [3.63, 3.8) is 0 Å². The first-order valence-corrected chi connectivity index (χ1v) is 5.36. The molecule has 0 spiro atoms. The molecule has 1 nitrogen and oxygen atoms in total. The van der Waals surface area contributed by atoms with Crippen LogP contribution in [0.5, 0.6) is 0 Å². The molecule has 12 heavy (non-hydrogen) atoms. The number of rotatable bonds is 0. The molecular weight excluding hydrogens is 216 g/mol. The number of aliphatic hydroxyl groups is 1. The topological polar surface area (TPSA) is 20.2 Å². The minimum absolute atomic E-state index is 0.251. The van der Waals surface area contributed by atoms with Crippen molar-refractivity contribution in [1.82, 2.24) is 0 Å². The van der Waals surface area contributed by atoms with Gasteiger partial charge in [-0.15, -0.1) is 0 Å². The van der Waals surface area contributed by atoms with Crippen LogP contribution in [-0.4, -0.2) is 11.2 Å². The van der Waals surface area contributed by atoms with Crippen molar-refractivity contribution in [1.29, 1.82) is 0 Å². The number of halogens is 1. The molecule has 0 saturated heterocycles. The lowest BCUT2D eigenvalue weighted by Gasteiger charge is -2.52. The number of hydrogen-bond donors (Lipinski definition) is 1. The summed E-state index contributed by atoms with van der Waals surface area (Å²) in [5, 5.41) is 9.88. The summed E-state index contributed by atoms with van der Waals surface area (Å²) in [6.07, 6.45) is 4.21. The van der Waals surface area contributed by atoms with Crippen LogP contribution in [0.3, 0.4) is 0 Å². The predicted molar refractivity (Wildman–Crippen MR) is 53.0 cm³/mol. The Morgan fingerprint density at radius 3 is 2.83 bits per heavy atom. The fraction of sp³-hybridized carbons (Fsp3) is 0.800. The largest absolute Gasteiger partial charge is 0.388 e. The quantitative estimate of drug-likeness (QED) is 0.679. The van der Waals surface area contributed by atoms with Crippen molar-refractivity contribution in [2.45, 2.75) is 32.8 Å². The van der Waals surface area contributed by atoms with Crippen LogP contribution in [0, 0.1) is 17.3 Å². The molecule has 2 heteroatoms. The van der Waals surface area contributed by atoms with Crippen molar-refractivity contribution >= 4 is 15.9 Å². The summed E-state index contributed by atoms with van der Waals surface area (Å²) in [6.45, 7) is 4.54. The van der Waals surface area contributed by atoms with Gasteiger partial charge in [0.25, 0.3) is 0 Å². The van der Waals surface area contributed by atoms with Gasteiger partial charge in [-0.3, -0.25) is 0 Å². The first-order chi connectivity index (χ1) is 5.53. The molecule has 68 valence electrons. The van der Waals surface area contributed by atoms with Gasteiger partial charge in [-0.05, 0) is 30.1 Å². The van der Waals surface area contributed by atoms with Gasteiger partial charge >= 0.3 is 0 Å². The van der Waals surface area contributed by atoms with E-state index in [0.717, 1.165) is 16.8 Å². The second kappa shape index (κ2) is 2.58. The monoisotopic (exact) mass is 230 g/mol. The van der Waals surface area contributed by atoms with Gasteiger partial charge < -0.3 is 5.11 Å². The van der Waals surface area contributed by atoms with E-state index in [9.17, 15) is 5.11 Å². The molecule has 1 fully saturated rings. The van der Waals surface area contributed by atoms with Crippen molar-refractivity contribution in [3.05, 3.63) is 10.6 Å². The molecule has 0 unspecified atom stereocenters. The minimum Gasteiger partial charge on any atom is -0.388 e. The minimum atomic E-state index is -0.251. The Balaban J connectivity index is 2.26. The molecule has 0 amide bonds. The highest BCUT2D eigenvalue weighted by molar-refractivity contribution is 9.11. The number of aliphatic hydroxyl groups excluding tert-OH is 1. The summed E-state index contributed by atoms with van der Waals surface area (Å²) in [5.41, 5.74) is 0.339. The average Bonchev–Trinajstić information content (AvgIpc) is 2.18. The molecule has 3 atom stereocenters. The summed E-state index contributed by atoms with van der Waals surface area (Å²) in [4.78, 5) is 0. The molecule has 3 aliphatic carbocycles. The third-order valence-corrected chi connectivity index (χ3v) is 4.60. The smallest absolute Gasteiger partial charge is 0.0884 e. The lowest BCUT2D eigenvalue weighted by Crippen LogP contribution is -2.48. The molecule has 1 N–H and O–H groups in total. The molecule has 0 heterocycles. The maximum atomic E-state index is 9.88. The van der Waals surface area contributed by atoms with E-state index >= 15 is 0 Å². The van der Waals surface area contributed by atoms with Crippen molar-refractivity contribution in [3.8, 4) is 0 Å². The van der Waals surface area contributed by atoms with Crippen molar-refractivity contribution in [2.75, 3.05) is 0 Å². The average molecular weight is 231 g/mol. The first-order valence-electron chi connectivity index (χ1n) is 4.57. The second-order valence-corrected chi connectivity index (χ2v) is 5.55. The number of fused-ring (bicyclic) bond motifs is 2. The SMILES string of the molecule is CC1(C)[C@@H]2CC=C(Br)[C@@H](O)[C@H]1C2.